The van der Waals surface area contributed by atoms with Crippen LogP contribution in [0.3, 0.4) is 0 Å². The van der Waals surface area contributed by atoms with Gasteiger partial charge in [0, 0.05) is 10.6 Å². The lowest BCUT2D eigenvalue weighted by atomic mass is 10.1. The van der Waals surface area contributed by atoms with Crippen LogP contribution >= 0.6 is 23.2 Å². The summed E-state index contributed by atoms with van der Waals surface area (Å²) in [4.78, 5) is 0. The van der Waals surface area contributed by atoms with E-state index in [1.807, 2.05) is 36.4 Å². The standard InChI is InChI=1S/C18H10Cl2N2O/c19-14-7-8-15(16(20)10-14)18-22-21-17(23-18)13-6-5-11-3-1-2-4-12(11)9-13/h1-10H. The van der Waals surface area contributed by atoms with Gasteiger partial charge in [-0.25, -0.2) is 0 Å². The monoisotopic (exact) mass is 340 g/mol. The highest BCUT2D eigenvalue weighted by molar-refractivity contribution is 6.36. The van der Waals surface area contributed by atoms with E-state index in [1.54, 1.807) is 18.2 Å². The average Bonchev–Trinajstić information content (AvgIpc) is 3.04. The number of benzene rings is 3. The molecule has 112 valence electrons. The van der Waals surface area contributed by atoms with Crippen molar-refractivity contribution in [1.82, 2.24) is 10.2 Å². The molecule has 1 heterocycles. The number of nitrogens with zero attached hydrogens (tertiary/aromatic N) is 2. The molecule has 1 aromatic heterocycles. The van der Waals surface area contributed by atoms with Gasteiger partial charge in [-0.1, -0.05) is 53.5 Å². The number of fused-ring (bicyclic) bond motifs is 1. The maximum Gasteiger partial charge on any atom is 0.249 e. The summed E-state index contributed by atoms with van der Waals surface area (Å²) in [6, 6.07) is 19.3. The zero-order valence-corrected chi connectivity index (χ0v) is 13.3. The molecule has 3 aromatic carbocycles. The predicted molar refractivity (Wildman–Crippen MR) is 92.7 cm³/mol. The fraction of sp³-hybridized carbons (Fsp3) is 0. The minimum Gasteiger partial charge on any atom is -0.416 e. The van der Waals surface area contributed by atoms with Crippen molar-refractivity contribution < 1.29 is 4.42 Å². The largest absolute Gasteiger partial charge is 0.416 e. The van der Waals surface area contributed by atoms with Crippen LogP contribution < -0.4 is 0 Å². The molecule has 5 heteroatoms. The first-order valence-corrected chi connectivity index (χ1v) is 7.74. The molecule has 0 atom stereocenters. The van der Waals surface area contributed by atoms with Crippen LogP contribution in [0, 0.1) is 0 Å². The van der Waals surface area contributed by atoms with Crippen LogP contribution in [0.4, 0.5) is 0 Å². The van der Waals surface area contributed by atoms with E-state index in [1.165, 1.54) is 0 Å². The maximum atomic E-state index is 6.19. The third kappa shape index (κ3) is 2.69. The predicted octanol–water partition coefficient (Wildman–Crippen LogP) is 5.86. The lowest BCUT2D eigenvalue weighted by molar-refractivity contribution is 0.584. The Labute approximate surface area is 142 Å². The van der Waals surface area contributed by atoms with E-state index < -0.39 is 0 Å². The molecule has 0 aliphatic rings. The highest BCUT2D eigenvalue weighted by Gasteiger charge is 2.13. The quantitative estimate of drug-likeness (QED) is 0.458. The number of hydrogen-bond donors (Lipinski definition) is 0. The molecule has 0 spiro atoms. The van der Waals surface area contributed by atoms with E-state index >= 15 is 0 Å². The summed E-state index contributed by atoms with van der Waals surface area (Å²) in [5.74, 6) is 0.826. The minimum atomic E-state index is 0.370. The Hall–Kier alpha value is -2.36. The van der Waals surface area contributed by atoms with Crippen molar-refractivity contribution >= 4 is 34.0 Å². The number of aromatic nitrogens is 2. The van der Waals surface area contributed by atoms with E-state index in [9.17, 15) is 0 Å². The molecule has 0 N–H and O–H groups in total. The van der Waals surface area contributed by atoms with Gasteiger partial charge in [-0.2, -0.15) is 0 Å². The molecular weight excluding hydrogens is 331 g/mol. The van der Waals surface area contributed by atoms with Crippen LogP contribution in [-0.2, 0) is 0 Å². The topological polar surface area (TPSA) is 38.9 Å². The Morgan fingerprint density at radius 3 is 2.35 bits per heavy atom. The molecule has 0 aliphatic carbocycles. The van der Waals surface area contributed by atoms with Gasteiger partial charge in [-0.05, 0) is 41.1 Å². The Kier molecular flexibility index (Phi) is 3.52. The summed E-state index contributed by atoms with van der Waals surface area (Å²) in [6.45, 7) is 0. The minimum absolute atomic E-state index is 0.370. The molecule has 0 fully saturated rings. The molecule has 0 saturated heterocycles. The lowest BCUT2D eigenvalue weighted by Gasteiger charge is -2.00. The van der Waals surface area contributed by atoms with E-state index in [2.05, 4.69) is 16.3 Å². The van der Waals surface area contributed by atoms with Crippen LogP contribution in [-0.4, -0.2) is 10.2 Å². The van der Waals surface area contributed by atoms with Crippen molar-refractivity contribution in [1.29, 1.82) is 0 Å². The highest BCUT2D eigenvalue weighted by Crippen LogP contribution is 2.31. The first-order chi connectivity index (χ1) is 11.2. The zero-order chi connectivity index (χ0) is 15.8. The first-order valence-electron chi connectivity index (χ1n) is 6.99. The summed E-state index contributed by atoms with van der Waals surface area (Å²) >= 11 is 12.1. The van der Waals surface area contributed by atoms with Crippen molar-refractivity contribution in [3.63, 3.8) is 0 Å². The van der Waals surface area contributed by atoms with Crippen LogP contribution in [0.25, 0.3) is 33.7 Å². The van der Waals surface area contributed by atoms with Gasteiger partial charge in [0.05, 0.1) is 10.6 Å². The Morgan fingerprint density at radius 1 is 0.739 bits per heavy atom. The molecule has 0 bridgehead atoms. The number of halogens is 2. The Balaban J connectivity index is 1.77. The van der Waals surface area contributed by atoms with Crippen LogP contribution in [0.2, 0.25) is 10.0 Å². The van der Waals surface area contributed by atoms with Gasteiger partial charge in [0.25, 0.3) is 0 Å². The Bertz CT molecular complexity index is 1010. The van der Waals surface area contributed by atoms with Crippen molar-refractivity contribution in [3.8, 4) is 22.9 Å². The van der Waals surface area contributed by atoms with E-state index in [0.29, 0.717) is 27.4 Å². The first kappa shape index (κ1) is 14.2. The molecule has 23 heavy (non-hydrogen) atoms. The second-order valence-electron chi connectivity index (χ2n) is 5.10. The van der Waals surface area contributed by atoms with Crippen molar-refractivity contribution in [2.45, 2.75) is 0 Å². The summed E-state index contributed by atoms with van der Waals surface area (Å²) in [6.07, 6.45) is 0. The molecule has 3 nitrogen and oxygen atoms in total. The number of hydrogen-bond acceptors (Lipinski definition) is 3. The summed E-state index contributed by atoms with van der Waals surface area (Å²) in [5, 5.41) is 11.5. The molecule has 0 aliphatic heterocycles. The zero-order valence-electron chi connectivity index (χ0n) is 11.8. The third-order valence-electron chi connectivity index (χ3n) is 3.58. The molecule has 4 aromatic rings. The highest BCUT2D eigenvalue weighted by atomic mass is 35.5. The second kappa shape index (κ2) is 5.69. The molecular formula is C18H10Cl2N2O. The van der Waals surface area contributed by atoms with E-state index in [0.717, 1.165) is 16.3 Å². The smallest absolute Gasteiger partial charge is 0.249 e. The third-order valence-corrected chi connectivity index (χ3v) is 4.13. The summed E-state index contributed by atoms with van der Waals surface area (Å²) in [5.41, 5.74) is 1.53. The van der Waals surface area contributed by atoms with Crippen LogP contribution in [0.15, 0.2) is 65.1 Å². The molecule has 4 rings (SSSR count). The molecule has 0 unspecified atom stereocenters. The van der Waals surface area contributed by atoms with Gasteiger partial charge in [0.15, 0.2) is 0 Å². The summed E-state index contributed by atoms with van der Waals surface area (Å²) < 4.78 is 5.78. The van der Waals surface area contributed by atoms with E-state index in [-0.39, 0.29) is 0 Å². The van der Waals surface area contributed by atoms with Gasteiger partial charge >= 0.3 is 0 Å². The maximum absolute atomic E-state index is 6.19. The molecule has 0 amide bonds. The molecule has 0 saturated carbocycles. The fourth-order valence-electron chi connectivity index (χ4n) is 2.43. The van der Waals surface area contributed by atoms with Gasteiger partial charge < -0.3 is 4.42 Å². The van der Waals surface area contributed by atoms with Crippen LogP contribution in [0.1, 0.15) is 0 Å². The second-order valence-corrected chi connectivity index (χ2v) is 5.94. The Morgan fingerprint density at radius 2 is 1.52 bits per heavy atom. The average molecular weight is 341 g/mol. The van der Waals surface area contributed by atoms with Crippen molar-refractivity contribution in [2.24, 2.45) is 0 Å². The lowest BCUT2D eigenvalue weighted by Crippen LogP contribution is -1.79. The van der Waals surface area contributed by atoms with E-state index in [4.69, 9.17) is 27.6 Å². The SMILES string of the molecule is Clc1ccc(-c2nnc(-c3ccc4ccccc4c3)o2)c(Cl)c1. The van der Waals surface area contributed by atoms with Gasteiger partial charge in [-0.3, -0.25) is 0 Å². The fourth-order valence-corrected chi connectivity index (χ4v) is 2.92. The van der Waals surface area contributed by atoms with Gasteiger partial charge in [0.2, 0.25) is 11.8 Å². The van der Waals surface area contributed by atoms with Crippen LogP contribution in [0.5, 0.6) is 0 Å². The van der Waals surface area contributed by atoms with Gasteiger partial charge in [0.1, 0.15) is 0 Å². The van der Waals surface area contributed by atoms with Crippen molar-refractivity contribution in [3.05, 3.63) is 70.7 Å². The van der Waals surface area contributed by atoms with Crippen molar-refractivity contribution in [2.75, 3.05) is 0 Å². The summed E-state index contributed by atoms with van der Waals surface area (Å²) in [7, 11) is 0. The number of rotatable bonds is 2. The normalized spacial score (nSPS) is 11.0. The molecule has 0 radical (unpaired) electrons. The van der Waals surface area contributed by atoms with Gasteiger partial charge in [-0.15, -0.1) is 10.2 Å².